The van der Waals surface area contributed by atoms with E-state index in [9.17, 15) is 14.9 Å². The predicted octanol–water partition coefficient (Wildman–Crippen LogP) is 4.24. The highest BCUT2D eigenvalue weighted by Crippen LogP contribution is 2.41. The SMILES string of the molecule is COc1ccc(C=c2sc3n(c2=O)C(c2cccc([N+](=O)[O-])c2)C2=C(N=3)c3ccccc3CC2)cc1. The number of nitro groups is 1. The quantitative estimate of drug-likeness (QED) is 0.313. The van der Waals surface area contributed by atoms with Gasteiger partial charge in [-0.1, -0.05) is 59.9 Å². The number of methoxy groups -OCH3 is 1. The molecule has 36 heavy (non-hydrogen) atoms. The van der Waals surface area contributed by atoms with Crippen molar-refractivity contribution in [3.63, 3.8) is 0 Å². The smallest absolute Gasteiger partial charge is 0.271 e. The molecule has 0 saturated heterocycles. The van der Waals surface area contributed by atoms with E-state index in [-0.39, 0.29) is 11.2 Å². The zero-order valence-corrected chi connectivity index (χ0v) is 20.2. The van der Waals surface area contributed by atoms with Crippen LogP contribution in [0.5, 0.6) is 5.75 Å². The highest BCUT2D eigenvalue weighted by molar-refractivity contribution is 7.07. The summed E-state index contributed by atoms with van der Waals surface area (Å²) in [6.07, 6.45) is 3.40. The first-order valence-electron chi connectivity index (χ1n) is 11.5. The summed E-state index contributed by atoms with van der Waals surface area (Å²) in [6, 6.07) is 21.8. The van der Waals surface area contributed by atoms with Gasteiger partial charge in [-0.2, -0.15) is 0 Å². The van der Waals surface area contributed by atoms with Crippen LogP contribution in [0.15, 0.2) is 88.2 Å². The molecule has 8 heteroatoms. The maximum Gasteiger partial charge on any atom is 0.271 e. The summed E-state index contributed by atoms with van der Waals surface area (Å²) in [5.41, 5.74) is 5.59. The molecule has 1 aliphatic carbocycles. The molecule has 0 radical (unpaired) electrons. The summed E-state index contributed by atoms with van der Waals surface area (Å²) in [5.74, 6) is 0.741. The Kier molecular flexibility index (Phi) is 5.38. The van der Waals surface area contributed by atoms with E-state index in [1.54, 1.807) is 23.8 Å². The molecule has 0 spiro atoms. The summed E-state index contributed by atoms with van der Waals surface area (Å²) in [6.45, 7) is 0. The highest BCUT2D eigenvalue weighted by Gasteiger charge is 2.33. The van der Waals surface area contributed by atoms with E-state index in [1.165, 1.54) is 23.0 Å². The normalized spacial score (nSPS) is 16.6. The summed E-state index contributed by atoms with van der Waals surface area (Å²) < 4.78 is 7.49. The van der Waals surface area contributed by atoms with Gasteiger partial charge in [0.2, 0.25) is 0 Å². The van der Waals surface area contributed by atoms with Crippen LogP contribution < -0.4 is 19.6 Å². The number of hydrogen-bond acceptors (Lipinski definition) is 6. The standard InChI is InChI=1S/C28H21N3O4S/c1-35-21-12-9-17(10-13-21)15-24-27(32)30-26(19-6-4-7-20(16-19)31(33)34)23-14-11-18-5-2-3-8-22(18)25(23)29-28(30)36-24/h2-10,12-13,15-16,26H,11,14H2,1H3. The number of non-ortho nitro benzene ring substituents is 1. The number of ether oxygens (including phenoxy) is 1. The molecule has 2 aliphatic rings. The van der Waals surface area contributed by atoms with Crippen LogP contribution in [-0.4, -0.2) is 16.6 Å². The second kappa shape index (κ2) is 8.73. The maximum absolute atomic E-state index is 13.8. The number of nitrogens with zero attached hydrogens (tertiary/aromatic N) is 3. The van der Waals surface area contributed by atoms with Crippen molar-refractivity contribution in [2.75, 3.05) is 7.11 Å². The van der Waals surface area contributed by atoms with Crippen molar-refractivity contribution in [1.82, 2.24) is 4.57 Å². The van der Waals surface area contributed by atoms with Gasteiger partial charge in [-0.05, 0) is 53.3 Å². The number of aryl methyl sites for hydroxylation is 1. The van der Waals surface area contributed by atoms with Crippen molar-refractivity contribution in [2.45, 2.75) is 18.9 Å². The third-order valence-electron chi connectivity index (χ3n) is 6.68. The minimum absolute atomic E-state index is 0.00298. The van der Waals surface area contributed by atoms with E-state index in [2.05, 4.69) is 12.1 Å². The zero-order valence-electron chi connectivity index (χ0n) is 19.4. The number of hydrogen-bond donors (Lipinski definition) is 0. The number of aromatic nitrogens is 1. The molecule has 2 heterocycles. The molecule has 4 aromatic rings. The number of thiazole rings is 1. The van der Waals surface area contributed by atoms with E-state index >= 15 is 0 Å². The molecule has 6 rings (SSSR count). The molecule has 178 valence electrons. The van der Waals surface area contributed by atoms with E-state index in [1.807, 2.05) is 48.5 Å². The maximum atomic E-state index is 13.8. The molecule has 1 unspecified atom stereocenters. The molecule has 0 fully saturated rings. The minimum atomic E-state index is -0.456. The minimum Gasteiger partial charge on any atom is -0.497 e. The lowest BCUT2D eigenvalue weighted by Crippen LogP contribution is -2.38. The molecule has 1 aliphatic heterocycles. The second-order valence-electron chi connectivity index (χ2n) is 8.74. The van der Waals surface area contributed by atoms with Gasteiger partial charge in [-0.25, -0.2) is 4.99 Å². The Labute approximate surface area is 210 Å². The first-order chi connectivity index (χ1) is 17.5. The molecule has 0 bridgehead atoms. The van der Waals surface area contributed by atoms with E-state index in [4.69, 9.17) is 9.73 Å². The number of allylic oxidation sites excluding steroid dienone is 1. The van der Waals surface area contributed by atoms with E-state index in [0.717, 1.165) is 41.0 Å². The van der Waals surface area contributed by atoms with Crippen LogP contribution in [0.3, 0.4) is 0 Å². The fraction of sp³-hybridized carbons (Fsp3) is 0.143. The van der Waals surface area contributed by atoms with Crippen LogP contribution in [0.25, 0.3) is 11.8 Å². The number of fused-ring (bicyclic) bond motifs is 3. The molecule has 3 aromatic carbocycles. The number of nitro benzene ring substituents is 1. The lowest BCUT2D eigenvalue weighted by atomic mass is 9.83. The number of benzene rings is 3. The summed E-state index contributed by atoms with van der Waals surface area (Å²) in [4.78, 5) is 30.5. The average Bonchev–Trinajstić information content (AvgIpc) is 3.22. The third-order valence-corrected chi connectivity index (χ3v) is 7.67. The van der Waals surface area contributed by atoms with Crippen LogP contribution in [0.1, 0.15) is 34.7 Å². The molecule has 0 saturated carbocycles. The van der Waals surface area contributed by atoms with E-state index in [0.29, 0.717) is 14.9 Å². The fourth-order valence-corrected chi connectivity index (χ4v) is 5.98. The first-order valence-corrected chi connectivity index (χ1v) is 12.4. The van der Waals surface area contributed by atoms with Gasteiger partial charge in [0.05, 0.1) is 28.3 Å². The van der Waals surface area contributed by atoms with Crippen molar-refractivity contribution >= 4 is 28.8 Å². The van der Waals surface area contributed by atoms with Gasteiger partial charge in [-0.15, -0.1) is 0 Å². The Hall–Kier alpha value is -4.30. The molecular weight excluding hydrogens is 474 g/mol. The van der Waals surface area contributed by atoms with Gasteiger partial charge in [0, 0.05) is 17.7 Å². The van der Waals surface area contributed by atoms with Crippen molar-refractivity contribution in [2.24, 2.45) is 4.99 Å². The molecule has 0 amide bonds. The Bertz CT molecular complexity index is 1730. The summed E-state index contributed by atoms with van der Waals surface area (Å²) in [7, 11) is 1.61. The van der Waals surface area contributed by atoms with Crippen LogP contribution in [0.2, 0.25) is 0 Å². The van der Waals surface area contributed by atoms with Gasteiger partial charge in [0.25, 0.3) is 11.2 Å². The molecule has 1 aromatic heterocycles. The zero-order chi connectivity index (χ0) is 24.8. The summed E-state index contributed by atoms with van der Waals surface area (Å²) >= 11 is 1.34. The summed E-state index contributed by atoms with van der Waals surface area (Å²) in [5, 5.41) is 11.5. The topological polar surface area (TPSA) is 86.7 Å². The van der Waals surface area contributed by atoms with Gasteiger partial charge < -0.3 is 4.74 Å². The van der Waals surface area contributed by atoms with Gasteiger partial charge >= 0.3 is 0 Å². The molecule has 0 N–H and O–H groups in total. The lowest BCUT2D eigenvalue weighted by molar-refractivity contribution is -0.384. The van der Waals surface area contributed by atoms with Crippen LogP contribution in [0, 0.1) is 10.1 Å². The van der Waals surface area contributed by atoms with E-state index < -0.39 is 11.0 Å². The molecular formula is C28H21N3O4S. The first kappa shape index (κ1) is 22.2. The molecule has 1 atom stereocenters. The Morgan fingerprint density at radius 3 is 2.67 bits per heavy atom. The van der Waals surface area contributed by atoms with Crippen molar-refractivity contribution in [3.05, 3.63) is 130 Å². The van der Waals surface area contributed by atoms with Crippen LogP contribution in [0.4, 0.5) is 5.69 Å². The Morgan fingerprint density at radius 1 is 1.08 bits per heavy atom. The van der Waals surface area contributed by atoms with Gasteiger partial charge in [0.15, 0.2) is 4.80 Å². The van der Waals surface area contributed by atoms with Gasteiger partial charge in [-0.3, -0.25) is 19.5 Å². The predicted molar refractivity (Wildman–Crippen MR) is 139 cm³/mol. The van der Waals surface area contributed by atoms with Crippen LogP contribution >= 0.6 is 11.3 Å². The monoisotopic (exact) mass is 495 g/mol. The highest BCUT2D eigenvalue weighted by atomic mass is 32.1. The second-order valence-corrected chi connectivity index (χ2v) is 9.75. The Morgan fingerprint density at radius 2 is 1.89 bits per heavy atom. The lowest BCUT2D eigenvalue weighted by Gasteiger charge is -2.30. The Balaban J connectivity index is 1.60. The van der Waals surface area contributed by atoms with Gasteiger partial charge in [0.1, 0.15) is 5.75 Å². The van der Waals surface area contributed by atoms with Crippen LogP contribution in [-0.2, 0) is 6.42 Å². The van der Waals surface area contributed by atoms with Crippen molar-refractivity contribution in [3.8, 4) is 5.75 Å². The van der Waals surface area contributed by atoms with Crippen molar-refractivity contribution < 1.29 is 9.66 Å². The number of rotatable bonds is 4. The largest absolute Gasteiger partial charge is 0.497 e. The molecule has 7 nitrogen and oxygen atoms in total. The van der Waals surface area contributed by atoms with Crippen molar-refractivity contribution in [1.29, 1.82) is 0 Å². The third kappa shape index (κ3) is 3.67. The fourth-order valence-electron chi connectivity index (χ4n) is 4.98. The average molecular weight is 496 g/mol.